The zero-order chi connectivity index (χ0) is 10.4. The highest BCUT2D eigenvalue weighted by Crippen LogP contribution is 2.07. The minimum atomic E-state index is -0.908. The monoisotopic (exact) mass is 193 g/mol. The van der Waals surface area contributed by atoms with Crippen molar-refractivity contribution in [2.75, 3.05) is 0 Å². The molecule has 0 saturated carbocycles. The van der Waals surface area contributed by atoms with Gasteiger partial charge in [-0.15, -0.1) is 0 Å². The Morgan fingerprint density at radius 3 is 2.86 bits per heavy atom. The molecule has 0 atom stereocenters. The number of unbranched alkanes of at least 4 members (excludes halogenated alkanes) is 2. The highest BCUT2D eigenvalue weighted by Gasteiger charge is 2.03. The fraction of sp³-hybridized carbons (Fsp3) is 0.455. The van der Waals surface area contributed by atoms with Crippen molar-refractivity contribution in [1.82, 2.24) is 4.98 Å². The number of carboxylic acid groups (broad SMARTS) is 1. The lowest BCUT2D eigenvalue weighted by atomic mass is 10.1. The summed E-state index contributed by atoms with van der Waals surface area (Å²) in [6.07, 6.45) is 7.49. The molecule has 0 aromatic carbocycles. The van der Waals surface area contributed by atoms with E-state index in [1.807, 2.05) is 0 Å². The third-order valence-corrected chi connectivity index (χ3v) is 2.11. The molecule has 1 rings (SSSR count). The zero-order valence-corrected chi connectivity index (χ0v) is 8.36. The van der Waals surface area contributed by atoms with Crippen LogP contribution in [0.25, 0.3) is 0 Å². The summed E-state index contributed by atoms with van der Waals surface area (Å²) in [5, 5.41) is 8.74. The summed E-state index contributed by atoms with van der Waals surface area (Å²) in [5.41, 5.74) is 1.29. The van der Waals surface area contributed by atoms with E-state index >= 15 is 0 Å². The van der Waals surface area contributed by atoms with Crippen LogP contribution in [0.3, 0.4) is 0 Å². The van der Waals surface area contributed by atoms with Gasteiger partial charge in [0.05, 0.1) is 5.56 Å². The van der Waals surface area contributed by atoms with Crippen molar-refractivity contribution in [3.05, 3.63) is 29.6 Å². The van der Waals surface area contributed by atoms with Crippen LogP contribution in [-0.2, 0) is 6.42 Å². The van der Waals surface area contributed by atoms with Crippen LogP contribution in [0.2, 0.25) is 0 Å². The van der Waals surface area contributed by atoms with E-state index in [1.54, 1.807) is 12.3 Å². The van der Waals surface area contributed by atoms with Crippen molar-refractivity contribution in [2.24, 2.45) is 0 Å². The van der Waals surface area contributed by atoms with E-state index in [0.29, 0.717) is 0 Å². The van der Waals surface area contributed by atoms with E-state index < -0.39 is 5.97 Å². The number of carboxylic acids is 1. The first-order valence-electron chi connectivity index (χ1n) is 4.91. The lowest BCUT2D eigenvalue weighted by Crippen LogP contribution is -1.98. The van der Waals surface area contributed by atoms with E-state index in [2.05, 4.69) is 11.9 Å². The number of hydrogen-bond donors (Lipinski definition) is 1. The minimum Gasteiger partial charge on any atom is -0.478 e. The first-order chi connectivity index (χ1) is 6.74. The van der Waals surface area contributed by atoms with Crippen LogP contribution in [0.15, 0.2) is 18.5 Å². The molecule has 1 N–H and O–H groups in total. The quantitative estimate of drug-likeness (QED) is 0.731. The van der Waals surface area contributed by atoms with Gasteiger partial charge in [0, 0.05) is 12.4 Å². The summed E-state index contributed by atoms with van der Waals surface area (Å²) in [4.78, 5) is 14.5. The van der Waals surface area contributed by atoms with Crippen molar-refractivity contribution in [3.8, 4) is 0 Å². The highest BCUT2D eigenvalue weighted by atomic mass is 16.4. The fourth-order valence-corrected chi connectivity index (χ4v) is 1.32. The van der Waals surface area contributed by atoms with Crippen LogP contribution < -0.4 is 0 Å². The van der Waals surface area contributed by atoms with Crippen molar-refractivity contribution < 1.29 is 9.90 Å². The number of aryl methyl sites for hydroxylation is 1. The first-order valence-corrected chi connectivity index (χ1v) is 4.91. The van der Waals surface area contributed by atoms with Crippen molar-refractivity contribution in [1.29, 1.82) is 0 Å². The van der Waals surface area contributed by atoms with Gasteiger partial charge in [-0.1, -0.05) is 19.8 Å². The molecule has 0 fully saturated rings. The Labute approximate surface area is 83.8 Å². The molecule has 76 valence electrons. The van der Waals surface area contributed by atoms with Gasteiger partial charge >= 0.3 is 5.97 Å². The molecule has 1 aromatic heterocycles. The summed E-state index contributed by atoms with van der Waals surface area (Å²) < 4.78 is 0. The first kappa shape index (κ1) is 10.7. The average Bonchev–Trinajstić information content (AvgIpc) is 2.19. The molecule has 0 unspecified atom stereocenters. The Balaban J connectivity index is 2.59. The lowest BCUT2D eigenvalue weighted by molar-refractivity contribution is 0.0696. The molecule has 0 aliphatic rings. The smallest absolute Gasteiger partial charge is 0.337 e. The third kappa shape index (κ3) is 3.17. The largest absolute Gasteiger partial charge is 0.478 e. The van der Waals surface area contributed by atoms with E-state index in [1.165, 1.54) is 19.0 Å². The SMILES string of the molecule is CCCCCc1cncc(C(=O)O)c1. The molecule has 0 spiro atoms. The summed E-state index contributed by atoms with van der Waals surface area (Å²) in [5.74, 6) is -0.908. The van der Waals surface area contributed by atoms with Crippen LogP contribution in [0.4, 0.5) is 0 Å². The van der Waals surface area contributed by atoms with Crippen LogP contribution in [0.5, 0.6) is 0 Å². The molecule has 0 radical (unpaired) electrons. The molecule has 0 bridgehead atoms. The molecular formula is C11H15NO2. The number of aromatic carboxylic acids is 1. The number of rotatable bonds is 5. The maximum atomic E-state index is 10.6. The van der Waals surface area contributed by atoms with Crippen LogP contribution >= 0.6 is 0 Å². The Kier molecular flexibility index (Phi) is 4.11. The van der Waals surface area contributed by atoms with E-state index in [0.717, 1.165) is 18.4 Å². The van der Waals surface area contributed by atoms with Gasteiger partial charge in [0.25, 0.3) is 0 Å². The molecule has 0 amide bonds. The van der Waals surface area contributed by atoms with E-state index in [-0.39, 0.29) is 5.56 Å². The number of carbonyl (C=O) groups is 1. The Bertz CT molecular complexity index is 310. The summed E-state index contributed by atoms with van der Waals surface area (Å²) >= 11 is 0. The molecule has 0 aliphatic carbocycles. The summed E-state index contributed by atoms with van der Waals surface area (Å²) in [6.45, 7) is 2.14. The molecule has 0 aliphatic heterocycles. The summed E-state index contributed by atoms with van der Waals surface area (Å²) in [6, 6.07) is 1.70. The van der Waals surface area contributed by atoms with Gasteiger partial charge in [0.1, 0.15) is 0 Å². The lowest BCUT2D eigenvalue weighted by Gasteiger charge is -2.00. The zero-order valence-electron chi connectivity index (χ0n) is 8.36. The van der Waals surface area contributed by atoms with Crippen LogP contribution in [0, 0.1) is 0 Å². The molecule has 1 aromatic rings. The second kappa shape index (κ2) is 5.37. The number of hydrogen-bond acceptors (Lipinski definition) is 2. The van der Waals surface area contributed by atoms with Crippen molar-refractivity contribution >= 4 is 5.97 Å². The van der Waals surface area contributed by atoms with Gasteiger partial charge < -0.3 is 5.11 Å². The minimum absolute atomic E-state index is 0.277. The Morgan fingerprint density at radius 2 is 2.21 bits per heavy atom. The van der Waals surface area contributed by atoms with Gasteiger partial charge in [-0.2, -0.15) is 0 Å². The normalized spacial score (nSPS) is 10.1. The molecule has 0 saturated heterocycles. The van der Waals surface area contributed by atoms with Crippen molar-refractivity contribution in [3.63, 3.8) is 0 Å². The Morgan fingerprint density at radius 1 is 1.43 bits per heavy atom. The Hall–Kier alpha value is -1.38. The fourth-order valence-electron chi connectivity index (χ4n) is 1.32. The molecule has 3 heteroatoms. The third-order valence-electron chi connectivity index (χ3n) is 2.11. The van der Waals surface area contributed by atoms with Crippen LogP contribution in [0.1, 0.15) is 42.1 Å². The maximum absolute atomic E-state index is 10.6. The molecular weight excluding hydrogens is 178 g/mol. The second-order valence-electron chi connectivity index (χ2n) is 3.34. The van der Waals surface area contributed by atoms with E-state index in [4.69, 9.17) is 5.11 Å². The average molecular weight is 193 g/mol. The highest BCUT2D eigenvalue weighted by molar-refractivity contribution is 5.87. The molecule has 14 heavy (non-hydrogen) atoms. The standard InChI is InChI=1S/C11H15NO2/c1-2-3-4-5-9-6-10(11(13)14)8-12-7-9/h6-8H,2-5H2,1H3,(H,13,14). The van der Waals surface area contributed by atoms with Crippen molar-refractivity contribution in [2.45, 2.75) is 32.6 Å². The topological polar surface area (TPSA) is 50.2 Å². The van der Waals surface area contributed by atoms with Gasteiger partial charge in [0.2, 0.25) is 0 Å². The maximum Gasteiger partial charge on any atom is 0.337 e. The van der Waals surface area contributed by atoms with Gasteiger partial charge in [0.15, 0.2) is 0 Å². The van der Waals surface area contributed by atoms with Gasteiger partial charge in [-0.3, -0.25) is 4.98 Å². The second-order valence-corrected chi connectivity index (χ2v) is 3.34. The molecule has 3 nitrogen and oxygen atoms in total. The summed E-state index contributed by atoms with van der Waals surface area (Å²) in [7, 11) is 0. The predicted octanol–water partition coefficient (Wildman–Crippen LogP) is 2.51. The van der Waals surface area contributed by atoms with E-state index in [9.17, 15) is 4.79 Å². The number of nitrogens with zero attached hydrogens (tertiary/aromatic N) is 1. The molecule has 1 heterocycles. The number of aromatic nitrogens is 1. The predicted molar refractivity (Wildman–Crippen MR) is 54.4 cm³/mol. The van der Waals surface area contributed by atoms with Gasteiger partial charge in [-0.25, -0.2) is 4.79 Å². The van der Waals surface area contributed by atoms with Crippen LogP contribution in [-0.4, -0.2) is 16.1 Å². The van der Waals surface area contributed by atoms with Gasteiger partial charge in [-0.05, 0) is 24.5 Å². The number of pyridine rings is 1.